The highest BCUT2D eigenvalue weighted by molar-refractivity contribution is 5.59. The summed E-state index contributed by atoms with van der Waals surface area (Å²) in [4.78, 5) is 8.26. The summed E-state index contributed by atoms with van der Waals surface area (Å²) >= 11 is 0. The molecule has 0 amide bonds. The molecule has 4 N–H and O–H groups in total. The van der Waals surface area contributed by atoms with Gasteiger partial charge >= 0.3 is 0 Å². The van der Waals surface area contributed by atoms with Crippen molar-refractivity contribution in [2.45, 2.75) is 13.3 Å². The monoisotopic (exact) mass is 265 g/mol. The van der Waals surface area contributed by atoms with Gasteiger partial charge in [0.05, 0.1) is 5.69 Å². The maximum Gasteiger partial charge on any atom is 0.146 e. The van der Waals surface area contributed by atoms with Crippen LogP contribution in [0.25, 0.3) is 0 Å². The number of hydrogen-bond acceptors (Lipinski definition) is 5. The maximum atomic E-state index is 13.5. The molecule has 100 valence electrons. The van der Waals surface area contributed by atoms with E-state index >= 15 is 0 Å². The molecule has 0 saturated heterocycles. The number of aryl methyl sites for hydroxylation is 1. The second kappa shape index (κ2) is 5.57. The number of nitrogens with zero attached hydrogens (tertiary/aromatic N) is 2. The molecular formula is C12H13F2N5. The SMILES string of the molecule is CCc1nc(NN)cc(Nc2cc(F)ccc2F)n1. The van der Waals surface area contributed by atoms with Crippen LogP contribution >= 0.6 is 0 Å². The Morgan fingerprint density at radius 2 is 1.89 bits per heavy atom. The number of nitrogens with two attached hydrogens (primary N) is 1. The topological polar surface area (TPSA) is 75.9 Å². The van der Waals surface area contributed by atoms with Crippen LogP contribution in [0.2, 0.25) is 0 Å². The predicted octanol–water partition coefficient (Wildman–Crippen LogP) is 2.35. The Kier molecular flexibility index (Phi) is 3.86. The van der Waals surface area contributed by atoms with Crippen molar-refractivity contribution in [2.75, 3.05) is 10.7 Å². The summed E-state index contributed by atoms with van der Waals surface area (Å²) in [5.74, 6) is 5.45. The fourth-order valence-corrected chi connectivity index (χ4v) is 1.52. The third-order valence-electron chi connectivity index (χ3n) is 2.43. The van der Waals surface area contributed by atoms with Crippen molar-refractivity contribution in [3.05, 3.63) is 41.7 Å². The van der Waals surface area contributed by atoms with E-state index in [1.54, 1.807) is 0 Å². The predicted molar refractivity (Wildman–Crippen MR) is 68.9 cm³/mol. The van der Waals surface area contributed by atoms with Crippen molar-refractivity contribution >= 4 is 17.3 Å². The molecule has 0 fully saturated rings. The van der Waals surface area contributed by atoms with Gasteiger partial charge in [-0.2, -0.15) is 0 Å². The smallest absolute Gasteiger partial charge is 0.146 e. The van der Waals surface area contributed by atoms with E-state index in [4.69, 9.17) is 5.84 Å². The van der Waals surface area contributed by atoms with Gasteiger partial charge in [0.1, 0.15) is 29.1 Å². The van der Waals surface area contributed by atoms with Crippen molar-refractivity contribution in [1.82, 2.24) is 9.97 Å². The fraction of sp³-hybridized carbons (Fsp3) is 0.167. The van der Waals surface area contributed by atoms with Crippen molar-refractivity contribution in [3.63, 3.8) is 0 Å². The molecule has 19 heavy (non-hydrogen) atoms. The van der Waals surface area contributed by atoms with E-state index in [0.717, 1.165) is 18.2 Å². The van der Waals surface area contributed by atoms with E-state index in [0.29, 0.717) is 23.9 Å². The van der Waals surface area contributed by atoms with Gasteiger partial charge in [0, 0.05) is 18.6 Å². The van der Waals surface area contributed by atoms with Crippen LogP contribution in [-0.2, 0) is 6.42 Å². The fourth-order valence-electron chi connectivity index (χ4n) is 1.52. The quantitative estimate of drug-likeness (QED) is 0.584. The molecular weight excluding hydrogens is 252 g/mol. The lowest BCUT2D eigenvalue weighted by atomic mass is 10.3. The number of nitrogens with one attached hydrogen (secondary N) is 2. The molecule has 0 radical (unpaired) electrons. The minimum absolute atomic E-state index is 0.00345. The van der Waals surface area contributed by atoms with E-state index in [1.165, 1.54) is 6.07 Å². The largest absolute Gasteiger partial charge is 0.338 e. The highest BCUT2D eigenvalue weighted by Gasteiger charge is 2.07. The normalized spacial score (nSPS) is 10.3. The van der Waals surface area contributed by atoms with Crippen LogP contribution in [0.4, 0.5) is 26.1 Å². The zero-order chi connectivity index (χ0) is 13.8. The zero-order valence-corrected chi connectivity index (χ0v) is 10.2. The molecule has 0 saturated carbocycles. The molecule has 7 heteroatoms. The van der Waals surface area contributed by atoms with Crippen LogP contribution in [0, 0.1) is 11.6 Å². The second-order valence-electron chi connectivity index (χ2n) is 3.80. The van der Waals surface area contributed by atoms with Gasteiger partial charge < -0.3 is 10.7 Å². The number of nitrogen functional groups attached to an aromatic ring is 1. The molecule has 1 heterocycles. The number of rotatable bonds is 4. The zero-order valence-electron chi connectivity index (χ0n) is 10.2. The van der Waals surface area contributed by atoms with Gasteiger partial charge in [-0.3, -0.25) is 0 Å². The summed E-state index contributed by atoms with van der Waals surface area (Å²) < 4.78 is 26.6. The number of benzene rings is 1. The lowest BCUT2D eigenvalue weighted by Gasteiger charge is -2.09. The van der Waals surface area contributed by atoms with E-state index in [9.17, 15) is 8.78 Å². The number of halogens is 2. The summed E-state index contributed by atoms with van der Waals surface area (Å²) in [5, 5.41) is 2.70. The van der Waals surface area contributed by atoms with Crippen LogP contribution < -0.4 is 16.6 Å². The maximum absolute atomic E-state index is 13.5. The first-order chi connectivity index (χ1) is 9.12. The number of anilines is 3. The molecule has 0 spiro atoms. The van der Waals surface area contributed by atoms with Gasteiger partial charge in [-0.25, -0.2) is 24.6 Å². The summed E-state index contributed by atoms with van der Waals surface area (Å²) in [6, 6.07) is 4.65. The Morgan fingerprint density at radius 3 is 2.58 bits per heavy atom. The standard InChI is InChI=1S/C12H13F2N5/c1-2-10-17-11(6-12(18-10)19-15)16-9-5-7(13)3-4-8(9)14/h3-6H,2,15H2,1H3,(H2,16,17,18,19). The molecule has 2 rings (SSSR count). The first-order valence-electron chi connectivity index (χ1n) is 5.69. The van der Waals surface area contributed by atoms with Gasteiger partial charge in [-0.1, -0.05) is 6.92 Å². The van der Waals surface area contributed by atoms with E-state index in [1.807, 2.05) is 6.92 Å². The summed E-state index contributed by atoms with van der Waals surface area (Å²) in [6.45, 7) is 1.88. The molecule has 1 aromatic carbocycles. The van der Waals surface area contributed by atoms with Crippen LogP contribution in [0.15, 0.2) is 24.3 Å². The Morgan fingerprint density at radius 1 is 1.16 bits per heavy atom. The third-order valence-corrected chi connectivity index (χ3v) is 2.43. The van der Waals surface area contributed by atoms with Gasteiger partial charge in [0.25, 0.3) is 0 Å². The number of aromatic nitrogens is 2. The summed E-state index contributed by atoms with van der Waals surface area (Å²) in [5.41, 5.74) is 2.40. The minimum atomic E-state index is -0.569. The van der Waals surface area contributed by atoms with Gasteiger partial charge in [0.2, 0.25) is 0 Å². The van der Waals surface area contributed by atoms with Crippen molar-refractivity contribution in [3.8, 4) is 0 Å². The Bertz CT molecular complexity index is 566. The molecule has 0 aliphatic rings. The van der Waals surface area contributed by atoms with E-state index in [-0.39, 0.29) is 5.69 Å². The Balaban J connectivity index is 2.34. The van der Waals surface area contributed by atoms with Crippen LogP contribution in [0.5, 0.6) is 0 Å². The van der Waals surface area contributed by atoms with Crippen LogP contribution in [0.3, 0.4) is 0 Å². The first-order valence-corrected chi connectivity index (χ1v) is 5.69. The van der Waals surface area contributed by atoms with E-state index in [2.05, 4.69) is 20.7 Å². The first kappa shape index (κ1) is 13.2. The number of hydrazine groups is 1. The van der Waals surface area contributed by atoms with Crippen LogP contribution in [0.1, 0.15) is 12.7 Å². The van der Waals surface area contributed by atoms with Crippen molar-refractivity contribution in [2.24, 2.45) is 5.84 Å². The Labute approximate surface area is 108 Å². The molecule has 0 unspecified atom stereocenters. The molecule has 0 atom stereocenters. The molecule has 0 aliphatic heterocycles. The second-order valence-corrected chi connectivity index (χ2v) is 3.80. The lowest BCUT2D eigenvalue weighted by Crippen LogP contribution is -2.11. The van der Waals surface area contributed by atoms with Crippen molar-refractivity contribution in [1.29, 1.82) is 0 Å². The molecule has 1 aromatic heterocycles. The van der Waals surface area contributed by atoms with Gasteiger partial charge in [-0.05, 0) is 12.1 Å². The molecule has 0 aliphatic carbocycles. The Hall–Kier alpha value is -2.28. The third kappa shape index (κ3) is 3.14. The molecule has 5 nitrogen and oxygen atoms in total. The number of hydrogen-bond donors (Lipinski definition) is 3. The van der Waals surface area contributed by atoms with Gasteiger partial charge in [0.15, 0.2) is 0 Å². The summed E-state index contributed by atoms with van der Waals surface area (Å²) in [7, 11) is 0. The highest BCUT2D eigenvalue weighted by Crippen LogP contribution is 2.21. The van der Waals surface area contributed by atoms with E-state index < -0.39 is 11.6 Å². The average molecular weight is 265 g/mol. The molecule has 0 bridgehead atoms. The van der Waals surface area contributed by atoms with Crippen molar-refractivity contribution < 1.29 is 8.78 Å². The summed E-state index contributed by atoms with van der Waals surface area (Å²) in [6.07, 6.45) is 0.593. The average Bonchev–Trinajstić information content (AvgIpc) is 2.42. The minimum Gasteiger partial charge on any atom is -0.338 e. The van der Waals surface area contributed by atoms with Gasteiger partial charge in [-0.15, -0.1) is 0 Å². The lowest BCUT2D eigenvalue weighted by molar-refractivity contribution is 0.603. The molecule has 2 aromatic rings. The van der Waals surface area contributed by atoms with Crippen LogP contribution in [-0.4, -0.2) is 9.97 Å². The highest BCUT2D eigenvalue weighted by atomic mass is 19.1.